The highest BCUT2D eigenvalue weighted by Crippen LogP contribution is 2.37. The van der Waals surface area contributed by atoms with E-state index in [0.717, 1.165) is 24.4 Å². The zero-order valence-electron chi connectivity index (χ0n) is 15.5. The van der Waals surface area contributed by atoms with Crippen LogP contribution in [0.2, 0.25) is 0 Å². The number of nitrogens with one attached hydrogen (secondary N) is 2. The maximum atomic E-state index is 14.5. The molecule has 0 radical (unpaired) electrons. The lowest BCUT2D eigenvalue weighted by atomic mass is 10.0. The van der Waals surface area contributed by atoms with Gasteiger partial charge in [0.1, 0.15) is 16.5 Å². The summed E-state index contributed by atoms with van der Waals surface area (Å²) in [7, 11) is -9.43. The average Bonchev–Trinajstić information content (AvgIpc) is 3.17. The van der Waals surface area contributed by atoms with Crippen molar-refractivity contribution >= 4 is 20.0 Å². The fourth-order valence-electron chi connectivity index (χ4n) is 2.77. The highest BCUT2D eigenvalue weighted by molar-refractivity contribution is 8.04. The highest BCUT2D eigenvalue weighted by Gasteiger charge is 2.36. The summed E-state index contributed by atoms with van der Waals surface area (Å²) in [6, 6.07) is 4.50. The van der Waals surface area contributed by atoms with E-state index in [-0.39, 0.29) is 12.1 Å². The number of halogens is 5. The molecule has 1 aromatic heterocycles. The number of hydrogen-bond acceptors (Lipinski definition) is 4. The molecule has 0 spiro atoms. The number of rotatable bonds is 5. The first kappa shape index (κ1) is 22.9. The highest BCUT2D eigenvalue weighted by atomic mass is 32.3. The van der Waals surface area contributed by atoms with Crippen LogP contribution in [0.5, 0.6) is 0 Å². The summed E-state index contributed by atoms with van der Waals surface area (Å²) in [5.41, 5.74) is -2.79. The Labute approximate surface area is 173 Å². The van der Waals surface area contributed by atoms with Crippen molar-refractivity contribution in [3.63, 3.8) is 0 Å². The van der Waals surface area contributed by atoms with Gasteiger partial charge in [0, 0.05) is 23.5 Å². The van der Waals surface area contributed by atoms with Gasteiger partial charge in [-0.1, -0.05) is 11.6 Å². The molecule has 166 valence electrons. The summed E-state index contributed by atoms with van der Waals surface area (Å²) in [4.78, 5) is 1.27. The van der Waals surface area contributed by atoms with Crippen LogP contribution in [0.25, 0.3) is 11.1 Å². The summed E-state index contributed by atoms with van der Waals surface area (Å²) in [6.07, 6.45) is -2.92. The monoisotopic (exact) mass is 480 g/mol. The third kappa shape index (κ3) is 4.62. The molecule has 13 heteroatoms. The number of alkyl halides is 3. The first-order valence-corrected chi connectivity index (χ1v) is 11.3. The molecule has 2 N–H and O–H groups in total. The van der Waals surface area contributed by atoms with E-state index in [0.29, 0.717) is 5.56 Å². The standard InChI is InChI=1S/C18H13F5N2O4S2/c1-10-2-3-17(31(28,29)25-30(26,27)11-4-5-24-9-11)13(6-10)12-7-16(20)14(8-15(12)19)18(21,22)23/h2-9,24-25H,1H3. The zero-order chi connectivity index (χ0) is 23.2. The van der Waals surface area contributed by atoms with Crippen LogP contribution in [0.3, 0.4) is 0 Å². The minimum Gasteiger partial charge on any atom is -0.366 e. The zero-order valence-corrected chi connectivity index (χ0v) is 17.1. The topological polar surface area (TPSA) is 96.1 Å². The molecule has 0 aliphatic carbocycles. The predicted molar refractivity (Wildman–Crippen MR) is 99.8 cm³/mol. The van der Waals surface area contributed by atoms with Crippen molar-refractivity contribution < 1.29 is 38.8 Å². The Hall–Kier alpha value is -2.77. The van der Waals surface area contributed by atoms with Crippen LogP contribution in [-0.2, 0) is 26.2 Å². The summed E-state index contributed by atoms with van der Waals surface area (Å²) >= 11 is 0. The van der Waals surface area contributed by atoms with Crippen molar-refractivity contribution in [3.05, 3.63) is 71.6 Å². The number of sulfonamides is 2. The van der Waals surface area contributed by atoms with Gasteiger partial charge >= 0.3 is 6.18 Å². The Kier molecular flexibility index (Phi) is 5.71. The van der Waals surface area contributed by atoms with Crippen LogP contribution >= 0.6 is 0 Å². The van der Waals surface area contributed by atoms with E-state index in [4.69, 9.17) is 0 Å². The van der Waals surface area contributed by atoms with Crippen LogP contribution in [0.15, 0.2) is 58.6 Å². The molecule has 0 aliphatic heterocycles. The van der Waals surface area contributed by atoms with E-state index in [1.54, 1.807) is 0 Å². The van der Waals surface area contributed by atoms with Crippen molar-refractivity contribution in [2.24, 2.45) is 0 Å². The quantitative estimate of drug-likeness (QED) is 0.541. The molecule has 2 aromatic carbocycles. The Bertz CT molecular complexity index is 1350. The molecule has 0 atom stereocenters. The molecular weight excluding hydrogens is 467 g/mol. The van der Waals surface area contributed by atoms with Gasteiger partial charge in [-0.05, 0) is 37.3 Å². The van der Waals surface area contributed by atoms with Gasteiger partial charge in [-0.2, -0.15) is 13.2 Å². The summed E-state index contributed by atoms with van der Waals surface area (Å²) in [5.74, 6) is -3.36. The number of hydrogen-bond donors (Lipinski definition) is 2. The van der Waals surface area contributed by atoms with Crippen molar-refractivity contribution in [1.82, 2.24) is 9.11 Å². The van der Waals surface area contributed by atoms with Crippen molar-refractivity contribution in [2.75, 3.05) is 0 Å². The largest absolute Gasteiger partial charge is 0.419 e. The smallest absolute Gasteiger partial charge is 0.366 e. The molecule has 0 unspecified atom stereocenters. The minimum absolute atomic E-state index is 0.0899. The van der Waals surface area contributed by atoms with Crippen LogP contribution in [0, 0.1) is 18.6 Å². The van der Waals surface area contributed by atoms with Gasteiger partial charge in [0.2, 0.25) is 0 Å². The lowest BCUT2D eigenvalue weighted by Gasteiger charge is -2.15. The number of aryl methyl sites for hydroxylation is 1. The maximum Gasteiger partial charge on any atom is 0.419 e. The molecule has 3 aromatic rings. The van der Waals surface area contributed by atoms with E-state index >= 15 is 0 Å². The molecule has 0 bridgehead atoms. The van der Waals surface area contributed by atoms with Crippen LogP contribution in [0.1, 0.15) is 11.1 Å². The Morgan fingerprint density at radius 2 is 1.55 bits per heavy atom. The third-order valence-corrected chi connectivity index (χ3v) is 7.74. The van der Waals surface area contributed by atoms with Crippen LogP contribution in [-0.4, -0.2) is 21.8 Å². The Balaban J connectivity index is 2.18. The number of H-pyrrole nitrogens is 1. The normalized spacial score (nSPS) is 12.8. The van der Waals surface area contributed by atoms with Gasteiger partial charge < -0.3 is 4.98 Å². The van der Waals surface area contributed by atoms with E-state index < -0.39 is 64.3 Å². The Morgan fingerprint density at radius 3 is 2.13 bits per heavy atom. The molecule has 0 fully saturated rings. The average molecular weight is 480 g/mol. The van der Waals surface area contributed by atoms with Gasteiger partial charge in [0.25, 0.3) is 20.0 Å². The lowest BCUT2D eigenvalue weighted by Crippen LogP contribution is -2.31. The number of aromatic nitrogens is 1. The van der Waals surface area contributed by atoms with Crippen molar-refractivity contribution in [2.45, 2.75) is 22.9 Å². The fraction of sp³-hybridized carbons (Fsp3) is 0.111. The van der Waals surface area contributed by atoms with Gasteiger partial charge in [-0.15, -0.1) is 4.13 Å². The number of benzene rings is 2. The first-order chi connectivity index (χ1) is 14.2. The summed E-state index contributed by atoms with van der Waals surface area (Å²) in [6.45, 7) is 1.47. The maximum absolute atomic E-state index is 14.5. The molecule has 0 amide bonds. The predicted octanol–water partition coefficient (Wildman–Crippen LogP) is 3.95. The summed E-state index contributed by atoms with van der Waals surface area (Å²) < 4.78 is 119. The van der Waals surface area contributed by atoms with Crippen LogP contribution in [0.4, 0.5) is 22.0 Å². The molecule has 1 heterocycles. The molecule has 0 saturated carbocycles. The lowest BCUT2D eigenvalue weighted by molar-refractivity contribution is -0.140. The fourth-order valence-corrected chi connectivity index (χ4v) is 5.85. The van der Waals surface area contributed by atoms with E-state index in [1.807, 2.05) is 0 Å². The molecule has 6 nitrogen and oxygen atoms in total. The second-order valence-electron chi connectivity index (χ2n) is 6.45. The Morgan fingerprint density at radius 1 is 0.871 bits per heavy atom. The van der Waals surface area contributed by atoms with E-state index in [1.165, 1.54) is 23.3 Å². The van der Waals surface area contributed by atoms with Gasteiger partial charge in [0.05, 0.1) is 10.5 Å². The van der Waals surface area contributed by atoms with Crippen molar-refractivity contribution in [1.29, 1.82) is 0 Å². The van der Waals surface area contributed by atoms with Crippen LogP contribution < -0.4 is 4.13 Å². The van der Waals surface area contributed by atoms with Crippen molar-refractivity contribution in [3.8, 4) is 11.1 Å². The summed E-state index contributed by atoms with van der Waals surface area (Å²) in [5, 5.41) is 0. The molecule has 0 saturated heterocycles. The molecule has 31 heavy (non-hydrogen) atoms. The van der Waals surface area contributed by atoms with E-state index in [2.05, 4.69) is 4.98 Å². The minimum atomic E-state index is -5.17. The second kappa shape index (κ2) is 7.73. The van der Waals surface area contributed by atoms with Gasteiger partial charge in [-0.3, -0.25) is 0 Å². The molecule has 0 aliphatic rings. The number of aromatic amines is 1. The first-order valence-electron chi connectivity index (χ1n) is 8.31. The second-order valence-corrected chi connectivity index (χ2v) is 10.0. The van der Waals surface area contributed by atoms with Gasteiger partial charge in [0.15, 0.2) is 0 Å². The van der Waals surface area contributed by atoms with Gasteiger partial charge in [-0.25, -0.2) is 25.6 Å². The SMILES string of the molecule is Cc1ccc(S(=O)(=O)NS(=O)(=O)c2cc[nH]c2)c(-c2cc(F)c(C(F)(F)F)cc2F)c1. The molecular formula is C18H13F5N2O4S2. The third-order valence-electron chi connectivity index (χ3n) is 4.18. The van der Waals surface area contributed by atoms with E-state index in [9.17, 15) is 38.8 Å². The molecule has 3 rings (SSSR count).